The van der Waals surface area contributed by atoms with Gasteiger partial charge in [0, 0.05) is 17.5 Å². The van der Waals surface area contributed by atoms with E-state index in [4.69, 9.17) is 16.7 Å². The maximum absolute atomic E-state index is 9.73. The first-order valence-electron chi connectivity index (χ1n) is 4.20. The van der Waals surface area contributed by atoms with Crippen molar-refractivity contribution in [2.24, 2.45) is 5.92 Å². The molecule has 2 nitrogen and oxygen atoms in total. The van der Waals surface area contributed by atoms with E-state index < -0.39 is 6.10 Å². The summed E-state index contributed by atoms with van der Waals surface area (Å²) in [5.74, 6) is -0.195. The molecule has 0 saturated heterocycles. The fraction of sp³-hybridized carbons (Fsp3) is 0.400. The first-order chi connectivity index (χ1) is 6.16. The Bertz CT molecular complexity index is 275. The molecule has 2 atom stereocenters. The summed E-state index contributed by atoms with van der Waals surface area (Å²) in [5, 5.41) is 19.1. The first-order valence-corrected chi connectivity index (χ1v) is 4.58. The predicted molar refractivity (Wildman–Crippen MR) is 52.7 cm³/mol. The van der Waals surface area contributed by atoms with Crippen molar-refractivity contribution in [2.75, 3.05) is 6.61 Å². The van der Waals surface area contributed by atoms with E-state index in [0.717, 1.165) is 0 Å². The smallest absolute Gasteiger partial charge is 0.0851 e. The summed E-state index contributed by atoms with van der Waals surface area (Å²) in [4.78, 5) is 0. The molecule has 0 aliphatic carbocycles. The Hall–Kier alpha value is -0.570. The monoisotopic (exact) mass is 200 g/mol. The molecule has 1 aromatic carbocycles. The van der Waals surface area contributed by atoms with Crippen LogP contribution in [0.4, 0.5) is 0 Å². The molecule has 0 fully saturated rings. The maximum Gasteiger partial charge on any atom is 0.0851 e. The van der Waals surface area contributed by atoms with Crippen LogP contribution in [0, 0.1) is 5.92 Å². The predicted octanol–water partition coefficient (Wildman–Crippen LogP) is 2.00. The molecule has 0 amide bonds. The van der Waals surface area contributed by atoms with Gasteiger partial charge in [0.05, 0.1) is 6.10 Å². The minimum Gasteiger partial charge on any atom is -0.396 e. The minimum atomic E-state index is -0.696. The Morgan fingerprint density at radius 3 is 2.54 bits per heavy atom. The van der Waals surface area contributed by atoms with Gasteiger partial charge in [0.2, 0.25) is 0 Å². The van der Waals surface area contributed by atoms with E-state index in [0.29, 0.717) is 10.6 Å². The molecule has 0 radical (unpaired) electrons. The highest BCUT2D eigenvalue weighted by Crippen LogP contribution is 2.27. The molecule has 0 heterocycles. The Labute approximate surface area is 82.8 Å². The van der Waals surface area contributed by atoms with Gasteiger partial charge in [-0.3, -0.25) is 0 Å². The highest BCUT2D eigenvalue weighted by atomic mass is 35.5. The van der Waals surface area contributed by atoms with Gasteiger partial charge in [0.1, 0.15) is 0 Å². The van der Waals surface area contributed by atoms with Crippen molar-refractivity contribution >= 4 is 11.6 Å². The lowest BCUT2D eigenvalue weighted by molar-refractivity contribution is 0.0771. The molecule has 3 heteroatoms. The van der Waals surface area contributed by atoms with Gasteiger partial charge in [-0.1, -0.05) is 36.7 Å². The van der Waals surface area contributed by atoms with Crippen molar-refractivity contribution in [3.05, 3.63) is 34.9 Å². The second-order valence-electron chi connectivity index (χ2n) is 3.13. The summed E-state index contributed by atoms with van der Waals surface area (Å²) in [5.41, 5.74) is 0.672. The van der Waals surface area contributed by atoms with Gasteiger partial charge in [-0.2, -0.15) is 0 Å². The largest absolute Gasteiger partial charge is 0.396 e. The molecule has 1 aromatic rings. The Morgan fingerprint density at radius 2 is 2.00 bits per heavy atom. The van der Waals surface area contributed by atoms with Crippen molar-refractivity contribution in [3.8, 4) is 0 Å². The summed E-state index contributed by atoms with van der Waals surface area (Å²) in [6, 6.07) is 7.11. The van der Waals surface area contributed by atoms with Crippen LogP contribution in [-0.2, 0) is 0 Å². The quantitative estimate of drug-likeness (QED) is 0.784. The Kier molecular flexibility index (Phi) is 3.72. The van der Waals surface area contributed by atoms with E-state index >= 15 is 0 Å². The number of rotatable bonds is 3. The van der Waals surface area contributed by atoms with Crippen LogP contribution in [0.3, 0.4) is 0 Å². The third-order valence-electron chi connectivity index (χ3n) is 2.05. The van der Waals surface area contributed by atoms with E-state index in [1.165, 1.54) is 0 Å². The lowest BCUT2D eigenvalue weighted by atomic mass is 9.98. The van der Waals surface area contributed by atoms with Gasteiger partial charge in [-0.15, -0.1) is 0 Å². The zero-order valence-corrected chi connectivity index (χ0v) is 8.20. The molecule has 0 aliphatic heterocycles. The molecule has 0 spiro atoms. The van der Waals surface area contributed by atoms with E-state index in [1.807, 2.05) is 12.1 Å². The van der Waals surface area contributed by atoms with Crippen molar-refractivity contribution in [1.29, 1.82) is 0 Å². The van der Waals surface area contributed by atoms with Crippen molar-refractivity contribution in [2.45, 2.75) is 13.0 Å². The van der Waals surface area contributed by atoms with E-state index in [9.17, 15) is 5.11 Å². The molecular weight excluding hydrogens is 188 g/mol. The van der Waals surface area contributed by atoms with Crippen LogP contribution in [0.5, 0.6) is 0 Å². The summed E-state index contributed by atoms with van der Waals surface area (Å²) in [7, 11) is 0. The van der Waals surface area contributed by atoms with Crippen LogP contribution in [0.2, 0.25) is 5.02 Å². The second-order valence-corrected chi connectivity index (χ2v) is 3.53. The lowest BCUT2D eigenvalue weighted by Crippen LogP contribution is -2.13. The summed E-state index contributed by atoms with van der Waals surface area (Å²) in [6.45, 7) is 1.72. The van der Waals surface area contributed by atoms with E-state index in [2.05, 4.69) is 0 Å². The molecule has 1 rings (SSSR count). The first kappa shape index (κ1) is 10.5. The van der Waals surface area contributed by atoms with Gasteiger partial charge in [0.15, 0.2) is 0 Å². The van der Waals surface area contributed by atoms with Crippen LogP contribution < -0.4 is 0 Å². The molecule has 0 bridgehead atoms. The number of hydrogen-bond donors (Lipinski definition) is 2. The van der Waals surface area contributed by atoms with Crippen LogP contribution in [0.15, 0.2) is 24.3 Å². The van der Waals surface area contributed by atoms with Gasteiger partial charge >= 0.3 is 0 Å². The molecule has 0 aromatic heterocycles. The van der Waals surface area contributed by atoms with E-state index in [-0.39, 0.29) is 12.5 Å². The fourth-order valence-corrected chi connectivity index (χ4v) is 1.37. The molecule has 2 N–H and O–H groups in total. The number of halogens is 1. The van der Waals surface area contributed by atoms with Gasteiger partial charge in [-0.05, 0) is 11.6 Å². The number of aliphatic hydroxyl groups excluding tert-OH is 2. The standard InChI is InChI=1S/C10H13ClO2/c1-7(6-12)10(13)8-4-2-3-5-9(8)11/h2-5,7,10,12-13H,6H2,1H3/t7?,10-/m1/s1. The van der Waals surface area contributed by atoms with Crippen molar-refractivity contribution in [1.82, 2.24) is 0 Å². The summed E-state index contributed by atoms with van der Waals surface area (Å²) < 4.78 is 0. The topological polar surface area (TPSA) is 40.5 Å². The molecule has 72 valence electrons. The van der Waals surface area contributed by atoms with Crippen LogP contribution in [0.1, 0.15) is 18.6 Å². The highest BCUT2D eigenvalue weighted by Gasteiger charge is 2.17. The molecular formula is C10H13ClO2. The molecule has 1 unspecified atom stereocenters. The number of hydrogen-bond acceptors (Lipinski definition) is 2. The molecule has 0 aliphatic rings. The fourth-order valence-electron chi connectivity index (χ4n) is 1.12. The minimum absolute atomic E-state index is 0.0492. The lowest BCUT2D eigenvalue weighted by Gasteiger charge is -2.17. The summed E-state index contributed by atoms with van der Waals surface area (Å²) in [6.07, 6.45) is -0.696. The number of benzene rings is 1. The normalized spacial score (nSPS) is 15.4. The van der Waals surface area contributed by atoms with E-state index in [1.54, 1.807) is 19.1 Å². The zero-order chi connectivity index (χ0) is 9.84. The second kappa shape index (κ2) is 4.61. The van der Waals surface area contributed by atoms with Crippen LogP contribution >= 0.6 is 11.6 Å². The highest BCUT2D eigenvalue weighted by molar-refractivity contribution is 6.31. The van der Waals surface area contributed by atoms with Gasteiger partial charge < -0.3 is 10.2 Å². The van der Waals surface area contributed by atoms with Gasteiger partial charge in [-0.25, -0.2) is 0 Å². The van der Waals surface area contributed by atoms with Crippen molar-refractivity contribution in [3.63, 3.8) is 0 Å². The third-order valence-corrected chi connectivity index (χ3v) is 2.40. The Morgan fingerprint density at radius 1 is 1.38 bits per heavy atom. The Balaban J connectivity index is 2.88. The van der Waals surface area contributed by atoms with Crippen molar-refractivity contribution < 1.29 is 10.2 Å². The average Bonchev–Trinajstić information content (AvgIpc) is 2.16. The average molecular weight is 201 g/mol. The summed E-state index contributed by atoms with van der Waals surface area (Å²) >= 11 is 5.88. The van der Waals surface area contributed by atoms with Crippen LogP contribution in [-0.4, -0.2) is 16.8 Å². The number of aliphatic hydroxyl groups is 2. The SMILES string of the molecule is CC(CO)[C@@H](O)c1ccccc1Cl. The maximum atomic E-state index is 9.73. The molecule has 13 heavy (non-hydrogen) atoms. The molecule has 0 saturated carbocycles. The van der Waals surface area contributed by atoms with Gasteiger partial charge in [0.25, 0.3) is 0 Å². The third kappa shape index (κ3) is 2.44. The van der Waals surface area contributed by atoms with Crippen LogP contribution in [0.25, 0.3) is 0 Å². The zero-order valence-electron chi connectivity index (χ0n) is 7.44.